The zero-order valence-corrected chi connectivity index (χ0v) is 15.8. The van der Waals surface area contributed by atoms with E-state index in [9.17, 15) is 12.8 Å². The van der Waals surface area contributed by atoms with Crippen LogP contribution in [0.2, 0.25) is 0 Å². The number of benzene rings is 2. The smallest absolute Gasteiger partial charge is 0.206 e. The Morgan fingerprint density at radius 3 is 2.69 bits per heavy atom. The van der Waals surface area contributed by atoms with Crippen LogP contribution in [0.3, 0.4) is 0 Å². The Bertz CT molecular complexity index is 945. The third-order valence-electron chi connectivity index (χ3n) is 5.74. The lowest BCUT2D eigenvalue weighted by Gasteiger charge is -2.30. The standard InChI is InChI=1S/C20H23FN2O2S/c1-13-12-22-9-8-17-18-11-16(6-7-19(18)23(2)20(13)17)26(24,25)15-5-3-4-14(21)10-15/h3-7,10-11,13,17,20,22H,8-9,12H2,1-2H3/t13?,17-,20?/m0/s1. The summed E-state index contributed by atoms with van der Waals surface area (Å²) < 4.78 is 39.4. The summed E-state index contributed by atoms with van der Waals surface area (Å²) in [6, 6.07) is 10.9. The molecule has 1 N–H and O–H groups in total. The molecule has 1 saturated heterocycles. The van der Waals surface area contributed by atoms with E-state index in [-0.39, 0.29) is 9.79 Å². The molecule has 2 heterocycles. The molecule has 0 spiro atoms. The third-order valence-corrected chi connectivity index (χ3v) is 7.49. The highest BCUT2D eigenvalue weighted by Gasteiger charge is 2.41. The first kappa shape index (κ1) is 17.5. The van der Waals surface area contributed by atoms with Crippen molar-refractivity contribution in [3.8, 4) is 0 Å². The van der Waals surface area contributed by atoms with Crippen molar-refractivity contribution < 1.29 is 12.8 Å². The average molecular weight is 374 g/mol. The summed E-state index contributed by atoms with van der Waals surface area (Å²) >= 11 is 0. The summed E-state index contributed by atoms with van der Waals surface area (Å²) in [7, 11) is -1.65. The Kier molecular flexibility index (Phi) is 4.28. The third kappa shape index (κ3) is 2.72. The predicted molar refractivity (Wildman–Crippen MR) is 99.9 cm³/mol. The molecule has 26 heavy (non-hydrogen) atoms. The van der Waals surface area contributed by atoms with E-state index in [1.54, 1.807) is 12.1 Å². The van der Waals surface area contributed by atoms with Crippen LogP contribution in [-0.4, -0.2) is 34.6 Å². The molecule has 1 fully saturated rings. The molecule has 4 rings (SSSR count). The van der Waals surface area contributed by atoms with Crippen LogP contribution in [0.25, 0.3) is 0 Å². The molecule has 0 bridgehead atoms. The molecule has 0 aromatic heterocycles. The minimum atomic E-state index is -3.74. The van der Waals surface area contributed by atoms with Crippen molar-refractivity contribution in [2.45, 2.75) is 35.1 Å². The monoisotopic (exact) mass is 374 g/mol. The van der Waals surface area contributed by atoms with Gasteiger partial charge >= 0.3 is 0 Å². The summed E-state index contributed by atoms with van der Waals surface area (Å²) in [4.78, 5) is 2.52. The number of fused-ring (bicyclic) bond motifs is 3. The Morgan fingerprint density at radius 1 is 1.15 bits per heavy atom. The van der Waals surface area contributed by atoms with E-state index < -0.39 is 15.7 Å². The number of anilines is 1. The lowest BCUT2D eigenvalue weighted by molar-refractivity contribution is 0.417. The summed E-state index contributed by atoms with van der Waals surface area (Å²) in [6.07, 6.45) is 0.982. The van der Waals surface area contributed by atoms with Crippen LogP contribution >= 0.6 is 0 Å². The van der Waals surface area contributed by atoms with Crippen LogP contribution in [0.1, 0.15) is 24.8 Å². The molecular formula is C20H23FN2O2S. The van der Waals surface area contributed by atoms with Crippen LogP contribution in [0.5, 0.6) is 0 Å². The van der Waals surface area contributed by atoms with Gasteiger partial charge in [0.05, 0.1) is 9.79 Å². The molecule has 0 radical (unpaired) electrons. The van der Waals surface area contributed by atoms with Gasteiger partial charge in [-0.25, -0.2) is 12.8 Å². The molecular weight excluding hydrogens is 351 g/mol. The largest absolute Gasteiger partial charge is 0.370 e. The van der Waals surface area contributed by atoms with Crippen molar-refractivity contribution in [1.82, 2.24) is 5.32 Å². The molecule has 0 amide bonds. The summed E-state index contributed by atoms with van der Waals surface area (Å²) in [6.45, 7) is 4.14. The normalized spacial score (nSPS) is 25.5. The number of hydrogen-bond donors (Lipinski definition) is 1. The van der Waals surface area contributed by atoms with E-state index in [1.807, 2.05) is 6.07 Å². The quantitative estimate of drug-likeness (QED) is 0.877. The number of likely N-dealkylation sites (N-methyl/N-ethyl adjacent to an activating group) is 1. The van der Waals surface area contributed by atoms with Gasteiger partial charge in [-0.3, -0.25) is 0 Å². The maximum absolute atomic E-state index is 13.5. The number of sulfone groups is 1. The first-order chi connectivity index (χ1) is 12.4. The number of nitrogens with one attached hydrogen (secondary N) is 1. The molecule has 2 aliphatic rings. The zero-order valence-electron chi connectivity index (χ0n) is 14.9. The van der Waals surface area contributed by atoms with E-state index in [4.69, 9.17) is 0 Å². The van der Waals surface area contributed by atoms with Crippen LogP contribution in [-0.2, 0) is 9.84 Å². The maximum Gasteiger partial charge on any atom is 0.206 e. The molecule has 4 nitrogen and oxygen atoms in total. The van der Waals surface area contributed by atoms with Gasteiger partial charge in [0.1, 0.15) is 5.82 Å². The molecule has 3 atom stereocenters. The van der Waals surface area contributed by atoms with Crippen LogP contribution < -0.4 is 10.2 Å². The number of rotatable bonds is 2. The minimum absolute atomic E-state index is 0.00347. The molecule has 2 aromatic rings. The first-order valence-corrected chi connectivity index (χ1v) is 10.5. The minimum Gasteiger partial charge on any atom is -0.370 e. The fraction of sp³-hybridized carbons (Fsp3) is 0.400. The van der Waals surface area contributed by atoms with Crippen molar-refractivity contribution in [2.75, 3.05) is 25.0 Å². The highest BCUT2D eigenvalue weighted by atomic mass is 32.2. The Hall–Kier alpha value is -1.92. The van der Waals surface area contributed by atoms with Gasteiger partial charge in [0, 0.05) is 24.7 Å². The molecule has 2 unspecified atom stereocenters. The predicted octanol–water partition coefficient (Wildman–Crippen LogP) is 3.19. The van der Waals surface area contributed by atoms with E-state index in [2.05, 4.69) is 24.2 Å². The lowest BCUT2D eigenvalue weighted by atomic mass is 9.86. The van der Waals surface area contributed by atoms with Gasteiger partial charge in [-0.05, 0) is 67.4 Å². The van der Waals surface area contributed by atoms with Gasteiger partial charge in [0.15, 0.2) is 0 Å². The number of halogens is 1. The van der Waals surface area contributed by atoms with Gasteiger partial charge in [-0.15, -0.1) is 0 Å². The molecule has 0 aliphatic carbocycles. The fourth-order valence-corrected chi connectivity index (χ4v) is 5.84. The maximum atomic E-state index is 13.5. The fourth-order valence-electron chi connectivity index (χ4n) is 4.52. The van der Waals surface area contributed by atoms with Crippen molar-refractivity contribution in [3.05, 3.63) is 53.8 Å². The first-order valence-electron chi connectivity index (χ1n) is 8.98. The van der Waals surface area contributed by atoms with Gasteiger partial charge in [-0.2, -0.15) is 0 Å². The Balaban J connectivity index is 1.79. The average Bonchev–Trinajstić information content (AvgIpc) is 2.76. The highest BCUT2D eigenvalue weighted by molar-refractivity contribution is 7.91. The SMILES string of the molecule is CC1CNCC[C@H]2c3cc(S(=O)(=O)c4cccc(F)c4)ccc3N(C)C12. The molecule has 2 aliphatic heterocycles. The van der Waals surface area contributed by atoms with Gasteiger partial charge in [0.25, 0.3) is 0 Å². The summed E-state index contributed by atoms with van der Waals surface area (Å²) in [5.74, 6) is 0.238. The van der Waals surface area contributed by atoms with Gasteiger partial charge in [0.2, 0.25) is 9.84 Å². The molecule has 0 saturated carbocycles. The van der Waals surface area contributed by atoms with Gasteiger partial charge < -0.3 is 10.2 Å². The van der Waals surface area contributed by atoms with E-state index in [0.29, 0.717) is 17.9 Å². The number of hydrogen-bond acceptors (Lipinski definition) is 4. The van der Waals surface area contributed by atoms with E-state index in [0.717, 1.165) is 36.8 Å². The van der Waals surface area contributed by atoms with Crippen molar-refractivity contribution in [3.63, 3.8) is 0 Å². The van der Waals surface area contributed by atoms with Crippen LogP contribution in [0, 0.1) is 11.7 Å². The van der Waals surface area contributed by atoms with E-state index in [1.165, 1.54) is 18.2 Å². The Labute approximate surface area is 153 Å². The van der Waals surface area contributed by atoms with Crippen molar-refractivity contribution >= 4 is 15.5 Å². The molecule has 6 heteroatoms. The topological polar surface area (TPSA) is 49.4 Å². The second-order valence-electron chi connectivity index (χ2n) is 7.36. The van der Waals surface area contributed by atoms with Crippen LogP contribution in [0.15, 0.2) is 52.3 Å². The second kappa shape index (κ2) is 6.35. The van der Waals surface area contributed by atoms with Crippen molar-refractivity contribution in [2.24, 2.45) is 5.92 Å². The zero-order chi connectivity index (χ0) is 18.5. The van der Waals surface area contributed by atoms with Crippen LogP contribution in [0.4, 0.5) is 10.1 Å². The Morgan fingerprint density at radius 2 is 1.92 bits per heavy atom. The van der Waals surface area contributed by atoms with E-state index >= 15 is 0 Å². The lowest BCUT2D eigenvalue weighted by Crippen LogP contribution is -2.38. The highest BCUT2D eigenvalue weighted by Crippen LogP contribution is 2.46. The van der Waals surface area contributed by atoms with Crippen molar-refractivity contribution in [1.29, 1.82) is 0 Å². The molecule has 138 valence electrons. The second-order valence-corrected chi connectivity index (χ2v) is 9.31. The number of nitrogens with zero attached hydrogens (tertiary/aromatic N) is 1. The summed E-state index contributed by atoms with van der Waals surface area (Å²) in [5.41, 5.74) is 2.19. The molecule has 2 aromatic carbocycles. The summed E-state index contributed by atoms with van der Waals surface area (Å²) in [5, 5.41) is 3.47. The van der Waals surface area contributed by atoms with Gasteiger partial charge in [-0.1, -0.05) is 13.0 Å².